The van der Waals surface area contributed by atoms with Gasteiger partial charge in [0.15, 0.2) is 11.6 Å². The number of benzene rings is 1. The van der Waals surface area contributed by atoms with Crippen LogP contribution in [0.5, 0.6) is 5.75 Å². The zero-order chi connectivity index (χ0) is 16.7. The number of carbonyl (C=O) groups excluding carboxylic acids is 1. The third-order valence-electron chi connectivity index (χ3n) is 3.36. The molecule has 1 aromatic carbocycles. The van der Waals surface area contributed by atoms with Gasteiger partial charge >= 0.3 is 6.03 Å². The highest BCUT2D eigenvalue weighted by Crippen LogP contribution is 2.18. The zero-order valence-corrected chi connectivity index (χ0v) is 13.3. The molecule has 0 bridgehead atoms. The van der Waals surface area contributed by atoms with Gasteiger partial charge in [0, 0.05) is 18.7 Å². The van der Waals surface area contributed by atoms with Crippen molar-refractivity contribution in [1.29, 1.82) is 0 Å². The predicted octanol–water partition coefficient (Wildman–Crippen LogP) is 3.55. The highest BCUT2D eigenvalue weighted by atomic mass is 19.1. The number of carbonyl (C=O) groups is 1. The molecule has 0 spiro atoms. The molecule has 0 aliphatic rings. The molecule has 0 radical (unpaired) electrons. The highest BCUT2D eigenvalue weighted by molar-refractivity contribution is 5.74. The van der Waals surface area contributed by atoms with Gasteiger partial charge in [0.2, 0.25) is 0 Å². The number of ether oxygens (including phenoxy) is 1. The van der Waals surface area contributed by atoms with E-state index in [2.05, 4.69) is 5.32 Å². The first-order valence-electron chi connectivity index (χ1n) is 7.59. The molecular formula is C17H21FN2O3. The van der Waals surface area contributed by atoms with E-state index in [1.165, 1.54) is 6.07 Å². The first-order chi connectivity index (χ1) is 11.1. The van der Waals surface area contributed by atoms with Crippen LogP contribution >= 0.6 is 0 Å². The Labute approximate surface area is 135 Å². The second-order valence-electron chi connectivity index (χ2n) is 5.00. The second-order valence-corrected chi connectivity index (χ2v) is 5.00. The molecule has 0 fully saturated rings. The number of hydrogen-bond donors (Lipinski definition) is 1. The van der Waals surface area contributed by atoms with Crippen LogP contribution in [0, 0.1) is 5.82 Å². The maximum Gasteiger partial charge on any atom is 0.317 e. The Bertz CT molecular complexity index is 629. The number of halogens is 1. The minimum atomic E-state index is -0.427. The molecule has 2 rings (SSSR count). The number of nitrogens with one attached hydrogen (secondary N) is 1. The van der Waals surface area contributed by atoms with Gasteiger partial charge in [-0.2, -0.15) is 0 Å². The molecule has 0 atom stereocenters. The van der Waals surface area contributed by atoms with Gasteiger partial charge in [0.1, 0.15) is 0 Å². The Hall–Kier alpha value is -2.50. The molecule has 1 N–H and O–H groups in total. The van der Waals surface area contributed by atoms with Crippen molar-refractivity contribution in [2.45, 2.75) is 26.9 Å². The summed E-state index contributed by atoms with van der Waals surface area (Å²) in [6.45, 7) is 5.39. The Morgan fingerprint density at radius 2 is 2.13 bits per heavy atom. The van der Waals surface area contributed by atoms with Crippen molar-refractivity contribution < 1.29 is 18.3 Å². The fourth-order valence-corrected chi connectivity index (χ4v) is 2.15. The Balaban J connectivity index is 1.91. The second kappa shape index (κ2) is 8.22. The van der Waals surface area contributed by atoms with Gasteiger partial charge in [-0.1, -0.05) is 6.07 Å². The first-order valence-corrected chi connectivity index (χ1v) is 7.59. The minimum Gasteiger partial charge on any atom is -0.491 e. The lowest BCUT2D eigenvalue weighted by molar-refractivity contribution is 0.197. The van der Waals surface area contributed by atoms with E-state index in [1.54, 1.807) is 36.5 Å². The van der Waals surface area contributed by atoms with Gasteiger partial charge in [-0.05, 0) is 37.6 Å². The van der Waals surface area contributed by atoms with Crippen molar-refractivity contribution in [2.24, 2.45) is 0 Å². The molecule has 23 heavy (non-hydrogen) atoms. The third-order valence-corrected chi connectivity index (χ3v) is 3.36. The lowest BCUT2D eigenvalue weighted by Crippen LogP contribution is -2.38. The predicted molar refractivity (Wildman–Crippen MR) is 84.6 cm³/mol. The molecule has 1 aromatic heterocycles. The molecule has 2 aromatic rings. The standard InChI is InChI=1S/C17H21FN2O3/c1-3-20(11-14-7-8-22-12-14)17(21)19-10-13-5-6-16(23-4-2)15(18)9-13/h5-9,12H,3-4,10-11H2,1-2H3,(H,19,21). The summed E-state index contributed by atoms with van der Waals surface area (Å²) in [4.78, 5) is 13.8. The molecule has 5 nitrogen and oxygen atoms in total. The first kappa shape index (κ1) is 16.9. The van der Waals surface area contributed by atoms with E-state index < -0.39 is 5.82 Å². The SMILES string of the molecule is CCOc1ccc(CNC(=O)N(CC)Cc2ccoc2)cc1F. The van der Waals surface area contributed by atoms with Gasteiger partial charge in [-0.3, -0.25) is 0 Å². The molecule has 0 aliphatic carbocycles. The monoisotopic (exact) mass is 320 g/mol. The zero-order valence-electron chi connectivity index (χ0n) is 13.3. The number of amides is 2. The summed E-state index contributed by atoms with van der Waals surface area (Å²) in [5.74, 6) is -0.206. The summed E-state index contributed by atoms with van der Waals surface area (Å²) in [7, 11) is 0. The summed E-state index contributed by atoms with van der Waals surface area (Å²) in [5, 5.41) is 2.79. The van der Waals surface area contributed by atoms with E-state index in [9.17, 15) is 9.18 Å². The quantitative estimate of drug-likeness (QED) is 0.849. The summed E-state index contributed by atoms with van der Waals surface area (Å²) < 4.78 is 23.9. The van der Waals surface area contributed by atoms with Gasteiger partial charge in [0.25, 0.3) is 0 Å². The molecule has 0 unspecified atom stereocenters. The molecular weight excluding hydrogens is 299 g/mol. The average Bonchev–Trinajstić information content (AvgIpc) is 3.06. The molecule has 0 saturated heterocycles. The van der Waals surface area contributed by atoms with Crippen LogP contribution in [0.1, 0.15) is 25.0 Å². The number of furan rings is 1. The highest BCUT2D eigenvalue weighted by Gasteiger charge is 2.13. The van der Waals surface area contributed by atoms with Crippen molar-refractivity contribution >= 4 is 6.03 Å². The molecule has 1 heterocycles. The van der Waals surface area contributed by atoms with Crippen LogP contribution in [0.3, 0.4) is 0 Å². The fourth-order valence-electron chi connectivity index (χ4n) is 2.15. The van der Waals surface area contributed by atoms with Crippen LogP contribution in [0.2, 0.25) is 0 Å². The Kier molecular flexibility index (Phi) is 6.02. The van der Waals surface area contributed by atoms with Crippen LogP contribution in [0.15, 0.2) is 41.2 Å². The smallest absolute Gasteiger partial charge is 0.317 e. The van der Waals surface area contributed by atoms with E-state index in [0.29, 0.717) is 25.3 Å². The fraction of sp³-hybridized carbons (Fsp3) is 0.353. The van der Waals surface area contributed by atoms with Crippen molar-refractivity contribution in [3.05, 3.63) is 53.7 Å². The minimum absolute atomic E-state index is 0.206. The van der Waals surface area contributed by atoms with Crippen molar-refractivity contribution in [2.75, 3.05) is 13.2 Å². The number of nitrogens with zero attached hydrogens (tertiary/aromatic N) is 1. The maximum absolute atomic E-state index is 13.8. The van der Waals surface area contributed by atoms with Crippen LogP contribution in [0.4, 0.5) is 9.18 Å². The number of hydrogen-bond acceptors (Lipinski definition) is 3. The van der Waals surface area contributed by atoms with Crippen LogP contribution < -0.4 is 10.1 Å². The molecule has 2 amide bonds. The normalized spacial score (nSPS) is 10.4. The topological polar surface area (TPSA) is 54.7 Å². The summed E-state index contributed by atoms with van der Waals surface area (Å²) in [5.41, 5.74) is 1.60. The van der Waals surface area contributed by atoms with Crippen LogP contribution in [-0.2, 0) is 13.1 Å². The van der Waals surface area contributed by atoms with E-state index in [-0.39, 0.29) is 18.3 Å². The molecule has 6 heteroatoms. The Morgan fingerprint density at radius 1 is 1.30 bits per heavy atom. The Morgan fingerprint density at radius 3 is 2.74 bits per heavy atom. The van der Waals surface area contributed by atoms with Gasteiger partial charge in [-0.25, -0.2) is 9.18 Å². The third kappa shape index (κ3) is 4.74. The largest absolute Gasteiger partial charge is 0.491 e. The van der Waals surface area contributed by atoms with E-state index in [1.807, 2.05) is 13.0 Å². The van der Waals surface area contributed by atoms with E-state index in [4.69, 9.17) is 9.15 Å². The van der Waals surface area contributed by atoms with Crippen LogP contribution in [-0.4, -0.2) is 24.1 Å². The van der Waals surface area contributed by atoms with Gasteiger partial charge < -0.3 is 19.4 Å². The summed E-state index contributed by atoms with van der Waals surface area (Å²) in [6.07, 6.45) is 3.18. The number of urea groups is 1. The number of rotatable bonds is 7. The van der Waals surface area contributed by atoms with Gasteiger partial charge in [-0.15, -0.1) is 0 Å². The maximum atomic E-state index is 13.8. The molecule has 124 valence electrons. The lowest BCUT2D eigenvalue weighted by atomic mass is 10.2. The summed E-state index contributed by atoms with van der Waals surface area (Å²) >= 11 is 0. The van der Waals surface area contributed by atoms with E-state index in [0.717, 1.165) is 5.56 Å². The van der Waals surface area contributed by atoms with Crippen molar-refractivity contribution in [3.8, 4) is 5.75 Å². The summed E-state index contributed by atoms with van der Waals surface area (Å²) in [6, 6.07) is 6.29. The van der Waals surface area contributed by atoms with Crippen LogP contribution in [0.25, 0.3) is 0 Å². The van der Waals surface area contributed by atoms with E-state index >= 15 is 0 Å². The van der Waals surface area contributed by atoms with Gasteiger partial charge in [0.05, 0.1) is 25.7 Å². The molecule has 0 aliphatic heterocycles. The molecule has 0 saturated carbocycles. The average molecular weight is 320 g/mol. The van der Waals surface area contributed by atoms with Crippen molar-refractivity contribution in [1.82, 2.24) is 10.2 Å². The van der Waals surface area contributed by atoms with Crippen molar-refractivity contribution in [3.63, 3.8) is 0 Å². The lowest BCUT2D eigenvalue weighted by Gasteiger charge is -2.20.